The maximum Gasteiger partial charge on any atom is 0.106 e. The Hall–Kier alpha value is -1.97. The lowest BCUT2D eigenvalue weighted by atomic mass is 10.2. The number of benzene rings is 1. The van der Waals surface area contributed by atoms with Gasteiger partial charge in [0.15, 0.2) is 0 Å². The van der Waals surface area contributed by atoms with Gasteiger partial charge in [-0.3, -0.25) is 9.97 Å². The Kier molecular flexibility index (Phi) is 2.36. The van der Waals surface area contributed by atoms with Crippen LogP contribution in [-0.4, -0.2) is 23.3 Å². The zero-order valence-corrected chi connectivity index (χ0v) is 7.71. The molecule has 0 spiro atoms. The molecule has 0 saturated carbocycles. The molecule has 1 aromatic heterocycles. The Bertz CT molecular complexity index is 468. The highest BCUT2D eigenvalue weighted by Crippen LogP contribution is 2.09. The van der Waals surface area contributed by atoms with E-state index in [-0.39, 0.29) is 0 Å². The molecule has 0 fully saturated rings. The van der Waals surface area contributed by atoms with E-state index in [1.807, 2.05) is 18.2 Å². The second-order valence-electron chi connectivity index (χ2n) is 2.72. The number of nitrogens with zero attached hydrogens (tertiary/aromatic N) is 3. The predicted molar refractivity (Wildman–Crippen MR) is 54.1 cm³/mol. The van der Waals surface area contributed by atoms with Crippen molar-refractivity contribution in [1.82, 2.24) is 9.97 Å². The third-order valence-electron chi connectivity index (χ3n) is 1.80. The summed E-state index contributed by atoms with van der Waals surface area (Å²) in [6, 6.07) is 5.73. The average Bonchev–Trinajstić information content (AvgIpc) is 2.26. The van der Waals surface area contributed by atoms with Crippen molar-refractivity contribution in [2.45, 2.75) is 0 Å². The maximum absolute atomic E-state index is 4.59. The molecule has 1 heterocycles. The zero-order chi connectivity index (χ0) is 9.80. The number of rotatable bonds is 2. The van der Waals surface area contributed by atoms with E-state index in [0.29, 0.717) is 0 Å². The summed E-state index contributed by atoms with van der Waals surface area (Å²) in [5.74, 6) is 0. The summed E-state index contributed by atoms with van der Waals surface area (Å²) in [6.45, 7) is 0. The minimum Gasteiger partial charge on any atom is -0.399 e. The van der Waals surface area contributed by atoms with Crippen LogP contribution in [0.2, 0.25) is 0 Å². The van der Waals surface area contributed by atoms with Gasteiger partial charge in [0.25, 0.3) is 0 Å². The van der Waals surface area contributed by atoms with E-state index in [4.69, 9.17) is 0 Å². The van der Waals surface area contributed by atoms with E-state index in [0.717, 1.165) is 16.6 Å². The van der Waals surface area contributed by atoms with Crippen LogP contribution >= 0.6 is 0 Å². The molecule has 14 heavy (non-hydrogen) atoms. The van der Waals surface area contributed by atoms with Crippen LogP contribution in [0.4, 0.5) is 0 Å². The summed E-state index contributed by atoms with van der Waals surface area (Å²) in [5.41, 5.74) is 2.68. The lowest BCUT2D eigenvalue weighted by molar-refractivity contribution is 0.215. The highest BCUT2D eigenvalue weighted by atomic mass is 16.6. The molecule has 2 rings (SSSR count). The fraction of sp³-hybridized carbons (Fsp3) is 0.100. The van der Waals surface area contributed by atoms with E-state index >= 15 is 0 Å². The molecule has 0 aliphatic carbocycles. The highest BCUT2D eigenvalue weighted by Gasteiger charge is 1.95. The molecule has 4 heteroatoms. The van der Waals surface area contributed by atoms with Gasteiger partial charge in [-0.2, -0.15) is 0 Å². The first-order valence-corrected chi connectivity index (χ1v) is 4.17. The Morgan fingerprint density at radius 1 is 1.21 bits per heavy atom. The fourth-order valence-corrected chi connectivity index (χ4v) is 1.17. The second kappa shape index (κ2) is 3.83. The normalized spacial score (nSPS) is 10.9. The van der Waals surface area contributed by atoms with Gasteiger partial charge in [-0.1, -0.05) is 11.2 Å². The molecule has 0 unspecified atom stereocenters. The first-order valence-electron chi connectivity index (χ1n) is 4.17. The van der Waals surface area contributed by atoms with Crippen molar-refractivity contribution >= 4 is 17.2 Å². The molecule has 0 aliphatic rings. The van der Waals surface area contributed by atoms with E-state index in [1.165, 1.54) is 7.11 Å². The minimum atomic E-state index is 0.854. The zero-order valence-electron chi connectivity index (χ0n) is 7.71. The number of hydrogen-bond donors (Lipinski definition) is 0. The van der Waals surface area contributed by atoms with Crippen LogP contribution in [-0.2, 0) is 4.84 Å². The van der Waals surface area contributed by atoms with Crippen molar-refractivity contribution in [3.05, 3.63) is 36.2 Å². The quantitative estimate of drug-likeness (QED) is 0.530. The third kappa shape index (κ3) is 1.69. The first kappa shape index (κ1) is 8.62. The van der Waals surface area contributed by atoms with Crippen LogP contribution in [0.1, 0.15) is 5.56 Å². The van der Waals surface area contributed by atoms with Crippen LogP contribution in [0, 0.1) is 0 Å². The van der Waals surface area contributed by atoms with Crippen molar-refractivity contribution in [2.24, 2.45) is 5.16 Å². The predicted octanol–water partition coefficient (Wildman–Crippen LogP) is 1.61. The van der Waals surface area contributed by atoms with E-state index in [2.05, 4.69) is 20.0 Å². The van der Waals surface area contributed by atoms with Crippen molar-refractivity contribution in [3.8, 4) is 0 Å². The van der Waals surface area contributed by atoms with Crippen LogP contribution in [0.5, 0.6) is 0 Å². The summed E-state index contributed by atoms with van der Waals surface area (Å²) in [7, 11) is 1.51. The fourth-order valence-electron chi connectivity index (χ4n) is 1.17. The summed E-state index contributed by atoms with van der Waals surface area (Å²) in [5, 5.41) is 3.68. The molecule has 0 saturated heterocycles. The highest BCUT2D eigenvalue weighted by molar-refractivity contribution is 5.86. The molecule has 1 aromatic carbocycles. The molecule has 0 amide bonds. The minimum absolute atomic E-state index is 0.854. The molecule has 70 valence electrons. The maximum atomic E-state index is 4.59. The first-order chi connectivity index (χ1) is 6.90. The summed E-state index contributed by atoms with van der Waals surface area (Å²) < 4.78 is 0. The lowest BCUT2D eigenvalue weighted by Gasteiger charge is -1.96. The largest absolute Gasteiger partial charge is 0.399 e. The van der Waals surface area contributed by atoms with Crippen LogP contribution in [0.15, 0.2) is 35.7 Å². The van der Waals surface area contributed by atoms with Crippen LogP contribution in [0.25, 0.3) is 11.0 Å². The summed E-state index contributed by atoms with van der Waals surface area (Å²) >= 11 is 0. The number of hydrogen-bond acceptors (Lipinski definition) is 4. The average molecular weight is 187 g/mol. The topological polar surface area (TPSA) is 47.4 Å². The molecule has 2 aromatic rings. The van der Waals surface area contributed by atoms with Crippen molar-refractivity contribution < 1.29 is 4.84 Å². The van der Waals surface area contributed by atoms with Crippen LogP contribution < -0.4 is 0 Å². The van der Waals surface area contributed by atoms with Gasteiger partial charge in [0, 0.05) is 12.4 Å². The van der Waals surface area contributed by atoms with Gasteiger partial charge in [0.1, 0.15) is 7.11 Å². The van der Waals surface area contributed by atoms with E-state index in [9.17, 15) is 0 Å². The van der Waals surface area contributed by atoms with Gasteiger partial charge < -0.3 is 4.84 Å². The van der Waals surface area contributed by atoms with Gasteiger partial charge >= 0.3 is 0 Å². The molecule has 0 atom stereocenters. The van der Waals surface area contributed by atoms with E-state index < -0.39 is 0 Å². The van der Waals surface area contributed by atoms with Crippen LogP contribution in [0.3, 0.4) is 0 Å². The Balaban J connectivity index is 2.46. The van der Waals surface area contributed by atoms with Gasteiger partial charge in [0.2, 0.25) is 0 Å². The van der Waals surface area contributed by atoms with Gasteiger partial charge in [-0.25, -0.2) is 0 Å². The Morgan fingerprint density at radius 2 is 2.00 bits per heavy atom. The molecule has 0 aliphatic heterocycles. The van der Waals surface area contributed by atoms with Crippen molar-refractivity contribution in [2.75, 3.05) is 7.11 Å². The lowest BCUT2D eigenvalue weighted by Crippen LogP contribution is -1.86. The Labute approximate surface area is 81.2 Å². The monoisotopic (exact) mass is 187 g/mol. The molecule has 0 radical (unpaired) electrons. The SMILES string of the molecule is CON=Cc1ccc2nccnc2c1. The van der Waals surface area contributed by atoms with Gasteiger partial charge in [0.05, 0.1) is 17.2 Å². The molecular weight excluding hydrogens is 178 g/mol. The van der Waals surface area contributed by atoms with Gasteiger partial charge in [-0.05, 0) is 17.7 Å². The number of fused-ring (bicyclic) bond motifs is 1. The molecular formula is C10H9N3O. The smallest absolute Gasteiger partial charge is 0.106 e. The van der Waals surface area contributed by atoms with E-state index in [1.54, 1.807) is 18.6 Å². The molecule has 0 bridgehead atoms. The second-order valence-corrected chi connectivity index (χ2v) is 2.72. The number of oxime groups is 1. The van der Waals surface area contributed by atoms with Gasteiger partial charge in [-0.15, -0.1) is 0 Å². The standard InChI is InChI=1S/C10H9N3O/c1-14-13-7-8-2-3-9-10(6-8)12-5-4-11-9/h2-7H,1H3. The number of aromatic nitrogens is 2. The summed E-state index contributed by atoms with van der Waals surface area (Å²) in [6.07, 6.45) is 4.97. The molecule has 0 N–H and O–H groups in total. The third-order valence-corrected chi connectivity index (χ3v) is 1.80. The van der Waals surface area contributed by atoms with Crippen molar-refractivity contribution in [3.63, 3.8) is 0 Å². The summed E-state index contributed by atoms with van der Waals surface area (Å²) in [4.78, 5) is 12.9. The molecule has 4 nitrogen and oxygen atoms in total. The Morgan fingerprint density at radius 3 is 2.79 bits per heavy atom. The van der Waals surface area contributed by atoms with Crippen molar-refractivity contribution in [1.29, 1.82) is 0 Å².